The van der Waals surface area contributed by atoms with Gasteiger partial charge in [-0.25, -0.2) is 0 Å². The Labute approximate surface area is 140 Å². The van der Waals surface area contributed by atoms with Crippen LogP contribution in [0.15, 0.2) is 24.3 Å². The smallest absolute Gasteiger partial charge is 0.271 e. The fourth-order valence-electron chi connectivity index (χ4n) is 3.04. The number of amides is 2. The number of carbonyl (C=O) groups is 2. The van der Waals surface area contributed by atoms with Crippen molar-refractivity contribution in [2.45, 2.75) is 19.8 Å². The van der Waals surface area contributed by atoms with Gasteiger partial charge in [0.05, 0.1) is 5.02 Å². The van der Waals surface area contributed by atoms with Crippen molar-refractivity contribution in [3.63, 3.8) is 0 Å². The summed E-state index contributed by atoms with van der Waals surface area (Å²) in [4.78, 5) is 28.6. The molecule has 1 aromatic heterocycles. The first-order chi connectivity index (χ1) is 11.1. The highest BCUT2D eigenvalue weighted by Crippen LogP contribution is 2.29. The summed E-state index contributed by atoms with van der Waals surface area (Å²) in [6, 6.07) is 7.64. The van der Waals surface area contributed by atoms with Crippen LogP contribution in [-0.2, 0) is 4.79 Å². The number of halogens is 1. The van der Waals surface area contributed by atoms with Crippen LogP contribution < -0.4 is 5.32 Å². The Morgan fingerprint density at radius 1 is 1.30 bits per heavy atom. The van der Waals surface area contributed by atoms with Gasteiger partial charge in [-0.3, -0.25) is 9.59 Å². The number of carbonyl (C=O) groups excluding carboxylic acids is 2. The summed E-state index contributed by atoms with van der Waals surface area (Å²) in [6.45, 7) is 3.59. The molecule has 0 atom stereocenters. The van der Waals surface area contributed by atoms with Gasteiger partial charge in [-0.05, 0) is 24.8 Å². The molecule has 2 amide bonds. The molecule has 1 aliphatic rings. The molecular weight excluding hydrogens is 314 g/mol. The van der Waals surface area contributed by atoms with Crippen molar-refractivity contribution in [3.05, 3.63) is 35.0 Å². The number of aromatic amines is 1. The Morgan fingerprint density at radius 3 is 2.65 bits per heavy atom. The summed E-state index contributed by atoms with van der Waals surface area (Å²) in [5, 5.41) is 4.21. The zero-order valence-electron chi connectivity index (χ0n) is 13.1. The number of piperidine rings is 1. The second-order valence-electron chi connectivity index (χ2n) is 6.03. The van der Waals surface area contributed by atoms with Gasteiger partial charge in [0.1, 0.15) is 5.69 Å². The number of rotatable bonds is 3. The first-order valence-corrected chi connectivity index (χ1v) is 8.24. The van der Waals surface area contributed by atoms with Gasteiger partial charge in [0, 0.05) is 37.5 Å². The van der Waals surface area contributed by atoms with Crippen LogP contribution in [0, 0.1) is 5.92 Å². The van der Waals surface area contributed by atoms with E-state index in [1.807, 2.05) is 29.2 Å². The maximum absolute atomic E-state index is 12.7. The third kappa shape index (κ3) is 3.34. The van der Waals surface area contributed by atoms with Crippen molar-refractivity contribution >= 4 is 34.3 Å². The molecular formula is C17H20ClN3O2. The average molecular weight is 334 g/mol. The van der Waals surface area contributed by atoms with E-state index < -0.39 is 0 Å². The van der Waals surface area contributed by atoms with Crippen LogP contribution in [0.25, 0.3) is 10.9 Å². The number of nitrogens with one attached hydrogen (secondary N) is 2. The lowest BCUT2D eigenvalue weighted by molar-refractivity contribution is -0.119. The zero-order chi connectivity index (χ0) is 16.4. The van der Waals surface area contributed by atoms with Gasteiger partial charge in [0.2, 0.25) is 5.91 Å². The van der Waals surface area contributed by atoms with E-state index in [-0.39, 0.29) is 11.8 Å². The molecule has 2 heterocycles. The van der Waals surface area contributed by atoms with Crippen molar-refractivity contribution < 1.29 is 9.59 Å². The van der Waals surface area contributed by atoms with Crippen molar-refractivity contribution in [2.75, 3.05) is 19.6 Å². The van der Waals surface area contributed by atoms with Gasteiger partial charge in [0.15, 0.2) is 0 Å². The number of hydrogen-bond donors (Lipinski definition) is 2. The highest BCUT2D eigenvalue weighted by molar-refractivity contribution is 6.38. The number of hydrogen-bond acceptors (Lipinski definition) is 2. The minimum Gasteiger partial charge on any atom is -0.356 e. The lowest BCUT2D eigenvalue weighted by Crippen LogP contribution is -2.41. The molecule has 0 radical (unpaired) electrons. The van der Waals surface area contributed by atoms with Gasteiger partial charge in [-0.2, -0.15) is 0 Å². The number of para-hydroxylation sites is 1. The lowest BCUT2D eigenvalue weighted by atomic mass is 9.96. The zero-order valence-corrected chi connectivity index (χ0v) is 13.8. The molecule has 1 aromatic carbocycles. The molecule has 0 saturated carbocycles. The van der Waals surface area contributed by atoms with E-state index in [4.69, 9.17) is 11.6 Å². The van der Waals surface area contributed by atoms with Crippen LogP contribution in [-0.4, -0.2) is 41.3 Å². The minimum absolute atomic E-state index is 0.00614. The van der Waals surface area contributed by atoms with E-state index in [0.29, 0.717) is 36.3 Å². The Hall–Kier alpha value is -2.01. The second-order valence-corrected chi connectivity index (χ2v) is 6.41. The molecule has 122 valence electrons. The maximum atomic E-state index is 12.7. The average Bonchev–Trinajstić information content (AvgIpc) is 2.90. The number of nitrogens with zero attached hydrogens (tertiary/aromatic N) is 1. The topological polar surface area (TPSA) is 65.2 Å². The highest BCUT2D eigenvalue weighted by atomic mass is 35.5. The standard InChI is InChI=1S/C17H20ClN3O2/c1-11(22)19-10-12-6-8-21(9-7-12)17(23)16-15(18)13-4-2-3-5-14(13)20-16/h2-5,12,20H,6-10H2,1H3,(H,19,22). The Balaban J connectivity index is 1.67. The minimum atomic E-state index is -0.0517. The predicted molar refractivity (Wildman–Crippen MR) is 90.6 cm³/mol. The molecule has 1 fully saturated rings. The van der Waals surface area contributed by atoms with Crippen molar-refractivity contribution in [2.24, 2.45) is 5.92 Å². The first kappa shape index (κ1) is 15.9. The SMILES string of the molecule is CC(=O)NCC1CCN(C(=O)c2[nH]c3ccccc3c2Cl)CC1. The molecule has 23 heavy (non-hydrogen) atoms. The highest BCUT2D eigenvalue weighted by Gasteiger charge is 2.26. The lowest BCUT2D eigenvalue weighted by Gasteiger charge is -2.31. The third-order valence-corrected chi connectivity index (χ3v) is 4.79. The van der Waals surface area contributed by atoms with E-state index in [2.05, 4.69) is 10.3 Å². The molecule has 0 aliphatic carbocycles. The van der Waals surface area contributed by atoms with Crippen molar-refractivity contribution in [3.8, 4) is 0 Å². The number of aromatic nitrogens is 1. The number of H-pyrrole nitrogens is 1. The summed E-state index contributed by atoms with van der Waals surface area (Å²) in [7, 11) is 0. The Morgan fingerprint density at radius 2 is 2.00 bits per heavy atom. The molecule has 0 spiro atoms. The van der Waals surface area contributed by atoms with Gasteiger partial charge in [0.25, 0.3) is 5.91 Å². The maximum Gasteiger partial charge on any atom is 0.271 e. The Bertz CT molecular complexity index is 733. The molecule has 0 bridgehead atoms. The van der Waals surface area contributed by atoms with Crippen molar-refractivity contribution in [1.29, 1.82) is 0 Å². The monoisotopic (exact) mass is 333 g/mol. The van der Waals surface area contributed by atoms with Crippen molar-refractivity contribution in [1.82, 2.24) is 15.2 Å². The normalized spacial score (nSPS) is 15.8. The molecule has 3 rings (SSSR count). The van der Waals surface area contributed by atoms with Crippen LogP contribution in [0.5, 0.6) is 0 Å². The number of benzene rings is 1. The molecule has 2 N–H and O–H groups in total. The summed E-state index contributed by atoms with van der Waals surface area (Å²) >= 11 is 6.36. The van der Waals surface area contributed by atoms with Crippen LogP contribution in [0.1, 0.15) is 30.3 Å². The molecule has 1 aliphatic heterocycles. The first-order valence-electron chi connectivity index (χ1n) is 7.86. The van der Waals surface area contributed by atoms with Crippen LogP contribution >= 0.6 is 11.6 Å². The van der Waals surface area contributed by atoms with E-state index in [0.717, 1.165) is 23.7 Å². The largest absolute Gasteiger partial charge is 0.356 e. The third-order valence-electron chi connectivity index (χ3n) is 4.40. The summed E-state index contributed by atoms with van der Waals surface area (Å²) in [5.41, 5.74) is 1.34. The van der Waals surface area contributed by atoms with Gasteiger partial charge in [-0.15, -0.1) is 0 Å². The number of likely N-dealkylation sites (tertiary alicyclic amines) is 1. The molecule has 6 heteroatoms. The van der Waals surface area contributed by atoms with E-state index in [9.17, 15) is 9.59 Å². The molecule has 0 unspecified atom stereocenters. The van der Waals surface area contributed by atoms with Crippen LogP contribution in [0.2, 0.25) is 5.02 Å². The summed E-state index contributed by atoms with van der Waals surface area (Å²) < 4.78 is 0. The van der Waals surface area contributed by atoms with Gasteiger partial charge < -0.3 is 15.2 Å². The number of fused-ring (bicyclic) bond motifs is 1. The van der Waals surface area contributed by atoms with Gasteiger partial charge >= 0.3 is 0 Å². The van der Waals surface area contributed by atoms with Gasteiger partial charge in [-0.1, -0.05) is 29.8 Å². The summed E-state index contributed by atoms with van der Waals surface area (Å²) in [5.74, 6) is 0.374. The Kier molecular flexibility index (Phi) is 4.57. The predicted octanol–water partition coefficient (Wildman–Crippen LogP) is 2.81. The van der Waals surface area contributed by atoms with E-state index in [1.165, 1.54) is 6.92 Å². The van der Waals surface area contributed by atoms with E-state index >= 15 is 0 Å². The summed E-state index contributed by atoms with van der Waals surface area (Å²) in [6.07, 6.45) is 1.79. The molecule has 5 nitrogen and oxygen atoms in total. The fourth-order valence-corrected chi connectivity index (χ4v) is 3.33. The molecule has 1 saturated heterocycles. The van der Waals surface area contributed by atoms with Crippen LogP contribution in [0.3, 0.4) is 0 Å². The van der Waals surface area contributed by atoms with Crippen LogP contribution in [0.4, 0.5) is 0 Å². The fraction of sp³-hybridized carbons (Fsp3) is 0.412. The second kappa shape index (κ2) is 6.62. The quantitative estimate of drug-likeness (QED) is 0.907. The molecule has 2 aromatic rings. The van der Waals surface area contributed by atoms with E-state index in [1.54, 1.807) is 0 Å².